The van der Waals surface area contributed by atoms with Crippen molar-refractivity contribution in [3.63, 3.8) is 0 Å². The number of hydrogen-bond acceptors (Lipinski definition) is 4. The predicted octanol–water partition coefficient (Wildman–Crippen LogP) is 2.13. The fraction of sp³-hybridized carbons (Fsp3) is 0.429. The summed E-state index contributed by atoms with van der Waals surface area (Å²) in [6.45, 7) is 5.03. The number of hydrogen-bond donors (Lipinski definition) is 2. The van der Waals surface area contributed by atoms with Gasteiger partial charge < -0.3 is 10.4 Å². The molecule has 1 rings (SSSR count). The fourth-order valence-corrected chi connectivity index (χ4v) is 1.99. The molecule has 0 fully saturated rings. The molecular weight excluding hydrogens is 276 g/mol. The quantitative estimate of drug-likeness (QED) is 0.617. The molecule has 0 saturated heterocycles. The Labute approximate surface area is 122 Å². The molecule has 0 aromatic heterocycles. The Hall–Kier alpha value is -2.44. The first-order valence-electron chi connectivity index (χ1n) is 6.57. The summed E-state index contributed by atoms with van der Waals surface area (Å²) in [4.78, 5) is 33.8. The van der Waals surface area contributed by atoms with Crippen molar-refractivity contribution in [1.29, 1.82) is 0 Å². The van der Waals surface area contributed by atoms with Gasteiger partial charge in [0.15, 0.2) is 0 Å². The summed E-state index contributed by atoms with van der Waals surface area (Å²) in [5.74, 6) is -2.19. The molecule has 2 unspecified atom stereocenters. The van der Waals surface area contributed by atoms with Crippen molar-refractivity contribution in [2.45, 2.75) is 33.2 Å². The van der Waals surface area contributed by atoms with Crippen LogP contribution in [0.25, 0.3) is 0 Å². The first-order valence-corrected chi connectivity index (χ1v) is 6.57. The number of nitro groups is 1. The van der Waals surface area contributed by atoms with E-state index in [0.717, 1.165) is 0 Å². The van der Waals surface area contributed by atoms with Gasteiger partial charge in [0.2, 0.25) is 0 Å². The molecule has 0 aliphatic carbocycles. The van der Waals surface area contributed by atoms with Crippen LogP contribution in [0.1, 0.15) is 36.2 Å². The van der Waals surface area contributed by atoms with Gasteiger partial charge in [-0.1, -0.05) is 32.4 Å². The largest absolute Gasteiger partial charge is 0.480 e. The molecule has 0 bridgehead atoms. The monoisotopic (exact) mass is 294 g/mol. The molecule has 21 heavy (non-hydrogen) atoms. The van der Waals surface area contributed by atoms with Crippen molar-refractivity contribution >= 4 is 17.6 Å². The number of aryl methyl sites for hydroxylation is 1. The number of carboxylic acid groups (broad SMARTS) is 1. The van der Waals surface area contributed by atoms with Crippen LogP contribution in [0.4, 0.5) is 5.69 Å². The maximum atomic E-state index is 12.2. The van der Waals surface area contributed by atoms with Crippen LogP contribution in [-0.2, 0) is 4.79 Å². The summed E-state index contributed by atoms with van der Waals surface area (Å²) >= 11 is 0. The lowest BCUT2D eigenvalue weighted by molar-refractivity contribution is -0.385. The normalized spacial score (nSPS) is 13.3. The topological polar surface area (TPSA) is 110 Å². The van der Waals surface area contributed by atoms with Gasteiger partial charge in [0.05, 0.1) is 4.92 Å². The number of carbonyl (C=O) groups excluding carboxylic acids is 1. The van der Waals surface area contributed by atoms with Crippen LogP contribution in [-0.4, -0.2) is 27.9 Å². The minimum atomic E-state index is -1.16. The maximum absolute atomic E-state index is 12.2. The number of benzene rings is 1. The zero-order valence-electron chi connectivity index (χ0n) is 12.1. The Balaban J connectivity index is 3.12. The van der Waals surface area contributed by atoms with Crippen LogP contribution in [0.5, 0.6) is 0 Å². The van der Waals surface area contributed by atoms with Crippen molar-refractivity contribution in [2.24, 2.45) is 5.92 Å². The van der Waals surface area contributed by atoms with Gasteiger partial charge in [0.1, 0.15) is 11.6 Å². The molecule has 2 atom stereocenters. The van der Waals surface area contributed by atoms with Crippen LogP contribution in [0.2, 0.25) is 0 Å². The number of para-hydroxylation sites is 1. The number of aliphatic carboxylic acids is 1. The molecule has 0 heterocycles. The number of nitro benzene ring substituents is 1. The third-order valence-electron chi connectivity index (χ3n) is 3.43. The molecule has 0 aliphatic rings. The summed E-state index contributed by atoms with van der Waals surface area (Å²) in [7, 11) is 0. The molecule has 0 radical (unpaired) electrons. The zero-order chi connectivity index (χ0) is 16.2. The summed E-state index contributed by atoms with van der Waals surface area (Å²) in [5.41, 5.74) is -0.0825. The molecule has 0 spiro atoms. The van der Waals surface area contributed by atoms with Crippen LogP contribution in [0.15, 0.2) is 18.2 Å². The molecule has 1 aromatic carbocycles. The Morgan fingerprint density at radius 3 is 2.52 bits per heavy atom. The Bertz CT molecular complexity index is 570. The number of carbonyl (C=O) groups is 2. The molecule has 7 heteroatoms. The summed E-state index contributed by atoms with van der Waals surface area (Å²) in [6, 6.07) is 3.28. The van der Waals surface area contributed by atoms with E-state index in [9.17, 15) is 19.7 Å². The van der Waals surface area contributed by atoms with E-state index in [2.05, 4.69) is 5.32 Å². The third kappa shape index (κ3) is 3.77. The highest BCUT2D eigenvalue weighted by molar-refractivity contribution is 6.00. The maximum Gasteiger partial charge on any atom is 0.326 e. The minimum absolute atomic E-state index is 0.130. The average Bonchev–Trinajstić information content (AvgIpc) is 2.42. The van der Waals surface area contributed by atoms with Gasteiger partial charge in [0, 0.05) is 5.56 Å². The number of rotatable bonds is 6. The van der Waals surface area contributed by atoms with E-state index in [1.165, 1.54) is 25.1 Å². The van der Waals surface area contributed by atoms with E-state index in [4.69, 9.17) is 5.11 Å². The second-order valence-corrected chi connectivity index (χ2v) is 4.90. The van der Waals surface area contributed by atoms with E-state index in [-0.39, 0.29) is 17.2 Å². The number of amides is 1. The Morgan fingerprint density at radius 1 is 1.43 bits per heavy atom. The van der Waals surface area contributed by atoms with Crippen LogP contribution in [0.3, 0.4) is 0 Å². The van der Waals surface area contributed by atoms with Crippen molar-refractivity contribution in [3.05, 3.63) is 39.4 Å². The molecule has 1 aromatic rings. The summed E-state index contributed by atoms with van der Waals surface area (Å²) < 4.78 is 0. The lowest BCUT2D eigenvalue weighted by Crippen LogP contribution is -2.45. The fourth-order valence-electron chi connectivity index (χ4n) is 1.99. The van der Waals surface area contributed by atoms with Crippen LogP contribution in [0, 0.1) is 23.0 Å². The predicted molar refractivity (Wildman–Crippen MR) is 76.2 cm³/mol. The van der Waals surface area contributed by atoms with Crippen molar-refractivity contribution in [1.82, 2.24) is 5.32 Å². The van der Waals surface area contributed by atoms with Crippen LogP contribution >= 0.6 is 0 Å². The smallest absolute Gasteiger partial charge is 0.326 e. The van der Waals surface area contributed by atoms with Gasteiger partial charge in [-0.15, -0.1) is 0 Å². The van der Waals surface area contributed by atoms with Crippen molar-refractivity contribution in [2.75, 3.05) is 0 Å². The van der Waals surface area contributed by atoms with E-state index in [0.29, 0.717) is 12.0 Å². The van der Waals surface area contributed by atoms with Crippen molar-refractivity contribution in [3.8, 4) is 0 Å². The highest BCUT2D eigenvalue weighted by Gasteiger charge is 2.29. The Morgan fingerprint density at radius 2 is 2.05 bits per heavy atom. The van der Waals surface area contributed by atoms with Gasteiger partial charge in [0.25, 0.3) is 11.6 Å². The minimum Gasteiger partial charge on any atom is -0.480 e. The van der Waals surface area contributed by atoms with E-state index in [1.54, 1.807) is 6.92 Å². The molecule has 0 saturated carbocycles. The number of nitrogens with one attached hydrogen (secondary N) is 1. The van der Waals surface area contributed by atoms with Crippen LogP contribution < -0.4 is 5.32 Å². The summed E-state index contributed by atoms with van der Waals surface area (Å²) in [6.07, 6.45) is 0.563. The molecule has 1 amide bonds. The molecule has 0 aliphatic heterocycles. The first-order chi connectivity index (χ1) is 9.79. The zero-order valence-corrected chi connectivity index (χ0v) is 12.1. The van der Waals surface area contributed by atoms with E-state index in [1.807, 2.05) is 6.92 Å². The van der Waals surface area contributed by atoms with Gasteiger partial charge >= 0.3 is 5.97 Å². The molecular formula is C14H18N2O5. The van der Waals surface area contributed by atoms with Gasteiger partial charge in [-0.3, -0.25) is 14.9 Å². The lowest BCUT2D eigenvalue weighted by atomic mass is 9.98. The number of nitrogens with zero attached hydrogens (tertiary/aromatic N) is 1. The molecule has 2 N–H and O–H groups in total. The van der Waals surface area contributed by atoms with E-state index < -0.39 is 22.8 Å². The van der Waals surface area contributed by atoms with Gasteiger partial charge in [-0.2, -0.15) is 0 Å². The molecule has 114 valence electrons. The first kappa shape index (κ1) is 16.6. The summed E-state index contributed by atoms with van der Waals surface area (Å²) in [5, 5.41) is 22.6. The highest BCUT2D eigenvalue weighted by Crippen LogP contribution is 2.23. The SMILES string of the molecule is CCC(C)C(NC(=O)c1cccc(C)c1[N+](=O)[O-])C(=O)O. The second-order valence-electron chi connectivity index (χ2n) is 4.90. The molecule has 7 nitrogen and oxygen atoms in total. The van der Waals surface area contributed by atoms with Gasteiger partial charge in [-0.25, -0.2) is 4.79 Å². The second kappa shape index (κ2) is 6.83. The number of carboxylic acids is 1. The highest BCUT2D eigenvalue weighted by atomic mass is 16.6. The third-order valence-corrected chi connectivity index (χ3v) is 3.43. The van der Waals surface area contributed by atoms with Crippen molar-refractivity contribution < 1.29 is 19.6 Å². The van der Waals surface area contributed by atoms with Gasteiger partial charge in [-0.05, 0) is 18.9 Å². The van der Waals surface area contributed by atoms with E-state index >= 15 is 0 Å². The average molecular weight is 294 g/mol. The standard InChI is InChI=1S/C14H18N2O5/c1-4-8(2)11(14(18)19)15-13(17)10-7-5-6-9(3)12(10)16(20)21/h5-8,11H,4H2,1-3H3,(H,15,17)(H,18,19). The Kier molecular flexibility index (Phi) is 5.40. The lowest BCUT2D eigenvalue weighted by Gasteiger charge is -2.20.